The molecule has 2 aromatic carbocycles. The minimum Gasteiger partial charge on any atom is -0.225 e. The van der Waals surface area contributed by atoms with Crippen LogP contribution in [-0.4, -0.2) is 4.57 Å². The number of rotatable bonds is 1. The molecule has 0 amide bonds. The molecule has 1 aromatic heterocycles. The standard InChI is InChI=1S/C18H17N2/c1-13-7-3-6-10-17(13)20-12-19-11-15-8-4-5-9-16(15)18(19)14(20)2/h3-10,12H,11H2,1-2H3/q+1/i11D2,12D. The first-order chi connectivity index (χ1) is 10.9. The summed E-state index contributed by atoms with van der Waals surface area (Å²) in [5.74, 6) is 0. The van der Waals surface area contributed by atoms with Crippen LogP contribution in [0.4, 0.5) is 0 Å². The van der Waals surface area contributed by atoms with E-state index in [1.54, 1.807) is 6.07 Å². The molecule has 0 fully saturated rings. The Kier molecular flexibility index (Phi) is 1.78. The van der Waals surface area contributed by atoms with E-state index in [9.17, 15) is 0 Å². The lowest BCUT2D eigenvalue weighted by atomic mass is 10.1. The summed E-state index contributed by atoms with van der Waals surface area (Å²) < 4.78 is 29.0. The Labute approximate surface area is 123 Å². The van der Waals surface area contributed by atoms with E-state index in [-0.39, 0.29) is 6.30 Å². The van der Waals surface area contributed by atoms with Gasteiger partial charge in [0, 0.05) is 18.1 Å². The van der Waals surface area contributed by atoms with Gasteiger partial charge in [0.15, 0.2) is 12.8 Å². The van der Waals surface area contributed by atoms with Crippen LogP contribution in [0, 0.1) is 13.8 Å². The third kappa shape index (κ3) is 1.48. The van der Waals surface area contributed by atoms with Gasteiger partial charge in [0.2, 0.25) is 6.30 Å². The van der Waals surface area contributed by atoms with Crippen molar-refractivity contribution in [3.63, 3.8) is 0 Å². The highest BCUT2D eigenvalue weighted by Crippen LogP contribution is 2.33. The van der Waals surface area contributed by atoms with Gasteiger partial charge in [-0.2, -0.15) is 4.57 Å². The van der Waals surface area contributed by atoms with E-state index in [1.807, 2.05) is 60.9 Å². The molecule has 2 heteroatoms. The molecular formula is C18H17N2+. The van der Waals surface area contributed by atoms with Crippen LogP contribution in [0.5, 0.6) is 0 Å². The lowest BCUT2D eigenvalue weighted by Gasteiger charge is -2.03. The van der Waals surface area contributed by atoms with Crippen molar-refractivity contribution in [3.8, 4) is 16.9 Å². The first kappa shape index (κ1) is 8.75. The fourth-order valence-corrected chi connectivity index (χ4v) is 2.85. The Hall–Kier alpha value is -2.35. The second-order valence-corrected chi connectivity index (χ2v) is 5.15. The molecule has 0 saturated carbocycles. The van der Waals surface area contributed by atoms with Crippen molar-refractivity contribution in [3.05, 3.63) is 71.7 Å². The highest BCUT2D eigenvalue weighted by molar-refractivity contribution is 5.69. The van der Waals surface area contributed by atoms with Crippen LogP contribution in [0.15, 0.2) is 54.8 Å². The molecular weight excluding hydrogens is 244 g/mol. The average molecular weight is 264 g/mol. The molecule has 98 valence electrons. The van der Waals surface area contributed by atoms with Gasteiger partial charge in [-0.05, 0) is 18.6 Å². The highest BCUT2D eigenvalue weighted by atomic mass is 15.2. The van der Waals surface area contributed by atoms with Crippen molar-refractivity contribution in [2.24, 2.45) is 0 Å². The lowest BCUT2D eigenvalue weighted by molar-refractivity contribution is -0.602. The molecule has 0 saturated heterocycles. The Bertz CT molecular complexity index is 941. The van der Waals surface area contributed by atoms with Gasteiger partial charge in [0.05, 0.1) is 2.74 Å². The Morgan fingerprint density at radius 1 is 1.10 bits per heavy atom. The fraction of sp³-hybridized carbons (Fsp3) is 0.167. The zero-order valence-corrected chi connectivity index (χ0v) is 11.5. The fourth-order valence-electron chi connectivity index (χ4n) is 2.85. The molecule has 1 aliphatic heterocycles. The van der Waals surface area contributed by atoms with Crippen molar-refractivity contribution in [2.75, 3.05) is 0 Å². The number of fused-ring (bicyclic) bond motifs is 3. The maximum absolute atomic E-state index is 8.60. The highest BCUT2D eigenvalue weighted by Gasteiger charge is 2.30. The zero-order valence-electron chi connectivity index (χ0n) is 14.5. The van der Waals surface area contributed by atoms with Crippen molar-refractivity contribution in [1.29, 1.82) is 0 Å². The van der Waals surface area contributed by atoms with Crippen LogP contribution in [0.3, 0.4) is 0 Å². The van der Waals surface area contributed by atoms with Crippen LogP contribution in [0.2, 0.25) is 0 Å². The molecule has 4 rings (SSSR count). The molecule has 0 unspecified atom stereocenters. The predicted molar refractivity (Wildman–Crippen MR) is 80.0 cm³/mol. The van der Waals surface area contributed by atoms with Crippen molar-refractivity contribution in [1.82, 2.24) is 4.57 Å². The minimum atomic E-state index is -1.71. The SMILES string of the molecule is [2H]c1n2c(c(C)[n+]1-c1ccccc1C)-c1ccccc1C2([2H])[2H]. The number of aryl methyl sites for hydroxylation is 1. The Morgan fingerprint density at radius 2 is 1.85 bits per heavy atom. The van der Waals surface area contributed by atoms with Gasteiger partial charge in [0.25, 0.3) is 0 Å². The van der Waals surface area contributed by atoms with Gasteiger partial charge in [-0.25, -0.2) is 4.57 Å². The largest absolute Gasteiger partial charge is 0.250 e. The summed E-state index contributed by atoms with van der Waals surface area (Å²) >= 11 is 0. The van der Waals surface area contributed by atoms with Crippen LogP contribution in [0.25, 0.3) is 16.9 Å². The van der Waals surface area contributed by atoms with Gasteiger partial charge in [-0.15, -0.1) is 0 Å². The average Bonchev–Trinajstić information content (AvgIpc) is 2.93. The van der Waals surface area contributed by atoms with E-state index in [0.29, 0.717) is 5.56 Å². The molecule has 0 spiro atoms. The van der Waals surface area contributed by atoms with E-state index >= 15 is 0 Å². The Balaban J connectivity index is 2.10. The minimum absolute atomic E-state index is 0.160. The van der Waals surface area contributed by atoms with Crippen molar-refractivity contribution >= 4 is 0 Å². The molecule has 0 radical (unpaired) electrons. The monoisotopic (exact) mass is 264 g/mol. The molecule has 1 aliphatic rings. The number of hydrogen-bond acceptors (Lipinski definition) is 0. The second kappa shape index (κ2) is 4.07. The summed E-state index contributed by atoms with van der Waals surface area (Å²) in [6.45, 7) is 2.25. The Morgan fingerprint density at radius 3 is 2.70 bits per heavy atom. The van der Waals surface area contributed by atoms with Crippen LogP contribution < -0.4 is 4.57 Å². The first-order valence-corrected chi connectivity index (χ1v) is 6.75. The van der Waals surface area contributed by atoms with E-state index in [4.69, 9.17) is 4.11 Å². The van der Waals surface area contributed by atoms with E-state index < -0.39 is 6.50 Å². The third-order valence-electron chi connectivity index (χ3n) is 3.87. The third-order valence-corrected chi connectivity index (χ3v) is 3.87. The van der Waals surface area contributed by atoms with Crippen LogP contribution in [-0.2, 0) is 6.50 Å². The van der Waals surface area contributed by atoms with Crippen molar-refractivity contribution in [2.45, 2.75) is 20.3 Å². The van der Waals surface area contributed by atoms with E-state index in [1.165, 1.54) is 4.57 Å². The van der Waals surface area contributed by atoms with Gasteiger partial charge in [-0.3, -0.25) is 0 Å². The number of benzene rings is 2. The van der Waals surface area contributed by atoms with Crippen LogP contribution in [0.1, 0.15) is 20.9 Å². The smallest absolute Gasteiger partial charge is 0.225 e. The van der Waals surface area contributed by atoms with Gasteiger partial charge in [-0.1, -0.05) is 42.5 Å². The summed E-state index contributed by atoms with van der Waals surface area (Å²) in [6, 6.07) is 15.4. The zero-order chi connectivity index (χ0) is 16.4. The number of para-hydroxylation sites is 1. The van der Waals surface area contributed by atoms with E-state index in [2.05, 4.69) is 0 Å². The summed E-state index contributed by atoms with van der Waals surface area (Å²) in [6.07, 6.45) is 0.160. The topological polar surface area (TPSA) is 8.81 Å². The maximum Gasteiger partial charge on any atom is 0.250 e. The summed E-state index contributed by atoms with van der Waals surface area (Å²) in [7, 11) is 0. The molecule has 0 atom stereocenters. The predicted octanol–water partition coefficient (Wildman–Crippen LogP) is 3.41. The quantitative estimate of drug-likeness (QED) is 0.596. The number of hydrogen-bond donors (Lipinski definition) is 0. The molecule has 0 N–H and O–H groups in total. The molecule has 2 nitrogen and oxygen atoms in total. The van der Waals surface area contributed by atoms with Crippen molar-refractivity contribution < 1.29 is 8.68 Å². The lowest BCUT2D eigenvalue weighted by Crippen LogP contribution is -2.32. The summed E-state index contributed by atoms with van der Waals surface area (Å²) in [4.78, 5) is 0. The number of nitrogens with zero attached hydrogens (tertiary/aromatic N) is 2. The molecule has 0 bridgehead atoms. The van der Waals surface area contributed by atoms with Crippen LogP contribution >= 0.6 is 0 Å². The normalized spacial score (nSPS) is 17.0. The summed E-state index contributed by atoms with van der Waals surface area (Å²) in [5.41, 5.74) is 5.16. The summed E-state index contributed by atoms with van der Waals surface area (Å²) in [5, 5.41) is 0. The first-order valence-electron chi connectivity index (χ1n) is 8.25. The number of aromatic nitrogens is 2. The maximum atomic E-state index is 8.60. The van der Waals surface area contributed by atoms with Gasteiger partial charge >= 0.3 is 0 Å². The van der Waals surface area contributed by atoms with Gasteiger partial charge < -0.3 is 0 Å². The molecule has 3 aromatic rings. The molecule has 0 aliphatic carbocycles. The van der Waals surface area contributed by atoms with E-state index in [0.717, 1.165) is 28.2 Å². The van der Waals surface area contributed by atoms with Gasteiger partial charge in [0.1, 0.15) is 12.2 Å². The number of imidazole rings is 1. The molecule has 2 heterocycles. The molecule has 20 heavy (non-hydrogen) atoms. The second-order valence-electron chi connectivity index (χ2n) is 5.15.